The maximum atomic E-state index is 12.3. The average Bonchev–Trinajstić information content (AvgIpc) is 2.54. The first kappa shape index (κ1) is 15.5. The highest BCUT2D eigenvalue weighted by Crippen LogP contribution is 2.31. The van der Waals surface area contributed by atoms with E-state index in [1.165, 1.54) is 4.90 Å². The molecular formula is C14H25NO2S. The standard InChI is InChI=1S/C14H25NO2S/c1-5-7-10(3)15-13(16)9-12(14(15)17)18-11(4)8-6-2/h10-12H,5-9H2,1-4H3. The maximum absolute atomic E-state index is 12.3. The number of amides is 2. The van der Waals surface area contributed by atoms with E-state index in [1.54, 1.807) is 11.8 Å². The van der Waals surface area contributed by atoms with E-state index < -0.39 is 0 Å². The van der Waals surface area contributed by atoms with Gasteiger partial charge in [-0.15, -0.1) is 11.8 Å². The van der Waals surface area contributed by atoms with Crippen molar-refractivity contribution in [2.45, 2.75) is 76.3 Å². The van der Waals surface area contributed by atoms with Crippen molar-refractivity contribution in [3.63, 3.8) is 0 Å². The second-order valence-corrected chi connectivity index (χ2v) is 6.81. The first-order valence-electron chi connectivity index (χ1n) is 7.02. The molecular weight excluding hydrogens is 246 g/mol. The molecule has 1 heterocycles. The van der Waals surface area contributed by atoms with Crippen LogP contribution in [0.3, 0.4) is 0 Å². The van der Waals surface area contributed by atoms with Crippen LogP contribution in [0.1, 0.15) is 59.8 Å². The van der Waals surface area contributed by atoms with Crippen LogP contribution in [0, 0.1) is 0 Å². The average molecular weight is 271 g/mol. The minimum atomic E-state index is -0.140. The molecule has 1 rings (SSSR count). The Kier molecular flexibility index (Phi) is 6.19. The van der Waals surface area contributed by atoms with E-state index in [2.05, 4.69) is 20.8 Å². The molecule has 18 heavy (non-hydrogen) atoms. The van der Waals surface area contributed by atoms with E-state index in [-0.39, 0.29) is 23.1 Å². The predicted octanol–water partition coefficient (Wildman–Crippen LogP) is 3.22. The summed E-state index contributed by atoms with van der Waals surface area (Å²) in [4.78, 5) is 25.7. The lowest BCUT2D eigenvalue weighted by molar-refractivity contribution is -0.140. The first-order valence-corrected chi connectivity index (χ1v) is 7.96. The first-order chi connectivity index (χ1) is 8.51. The van der Waals surface area contributed by atoms with Crippen molar-refractivity contribution in [2.75, 3.05) is 0 Å². The van der Waals surface area contributed by atoms with E-state index in [0.29, 0.717) is 11.7 Å². The van der Waals surface area contributed by atoms with Gasteiger partial charge in [-0.05, 0) is 19.8 Å². The number of thioether (sulfide) groups is 1. The third-order valence-corrected chi connectivity index (χ3v) is 4.78. The molecule has 2 amide bonds. The topological polar surface area (TPSA) is 37.4 Å². The van der Waals surface area contributed by atoms with Crippen LogP contribution in [0.15, 0.2) is 0 Å². The summed E-state index contributed by atoms with van der Waals surface area (Å²) in [5, 5.41) is 0.316. The maximum Gasteiger partial charge on any atom is 0.243 e. The van der Waals surface area contributed by atoms with Crippen molar-refractivity contribution in [1.82, 2.24) is 4.90 Å². The number of carbonyl (C=O) groups is 2. The molecule has 0 aromatic heterocycles. The van der Waals surface area contributed by atoms with Gasteiger partial charge in [-0.2, -0.15) is 0 Å². The number of imide groups is 1. The van der Waals surface area contributed by atoms with Gasteiger partial charge in [-0.3, -0.25) is 14.5 Å². The molecule has 0 aromatic carbocycles. The Morgan fingerprint density at radius 2 is 1.83 bits per heavy atom. The molecule has 1 aliphatic rings. The lowest BCUT2D eigenvalue weighted by Crippen LogP contribution is -2.39. The number of rotatable bonds is 7. The molecule has 3 unspecified atom stereocenters. The molecule has 3 nitrogen and oxygen atoms in total. The number of nitrogens with zero attached hydrogens (tertiary/aromatic N) is 1. The SMILES string of the molecule is CCCC(C)SC1CC(=O)N(C(C)CCC)C1=O. The van der Waals surface area contributed by atoms with Gasteiger partial charge in [0.25, 0.3) is 0 Å². The Labute approximate surface area is 115 Å². The number of carbonyl (C=O) groups excluding carboxylic acids is 2. The lowest BCUT2D eigenvalue weighted by Gasteiger charge is -2.23. The smallest absolute Gasteiger partial charge is 0.243 e. The lowest BCUT2D eigenvalue weighted by atomic mass is 10.2. The van der Waals surface area contributed by atoms with E-state index in [1.807, 2.05) is 6.92 Å². The highest BCUT2D eigenvalue weighted by Gasteiger charge is 2.41. The number of likely N-dealkylation sites (tertiary alicyclic amines) is 1. The van der Waals surface area contributed by atoms with Gasteiger partial charge in [0.2, 0.25) is 11.8 Å². The summed E-state index contributed by atoms with van der Waals surface area (Å²) in [5.74, 6) is 0.0519. The zero-order chi connectivity index (χ0) is 13.7. The summed E-state index contributed by atoms with van der Waals surface area (Å²) >= 11 is 1.67. The van der Waals surface area contributed by atoms with Gasteiger partial charge >= 0.3 is 0 Å². The van der Waals surface area contributed by atoms with Gasteiger partial charge in [0, 0.05) is 17.7 Å². The zero-order valence-corrected chi connectivity index (χ0v) is 12.8. The summed E-state index contributed by atoms with van der Waals surface area (Å²) in [7, 11) is 0. The minimum Gasteiger partial charge on any atom is -0.279 e. The Balaban J connectivity index is 2.60. The van der Waals surface area contributed by atoms with Crippen LogP contribution in [0.25, 0.3) is 0 Å². The highest BCUT2D eigenvalue weighted by atomic mass is 32.2. The summed E-state index contributed by atoms with van der Waals surface area (Å²) in [6.07, 6.45) is 4.53. The Morgan fingerprint density at radius 3 is 2.39 bits per heavy atom. The molecule has 0 spiro atoms. The van der Waals surface area contributed by atoms with Crippen molar-refractivity contribution < 1.29 is 9.59 Å². The second kappa shape index (κ2) is 7.17. The van der Waals surface area contributed by atoms with Gasteiger partial charge < -0.3 is 0 Å². The fraction of sp³-hybridized carbons (Fsp3) is 0.857. The highest BCUT2D eigenvalue weighted by molar-refractivity contribution is 8.01. The predicted molar refractivity (Wildman–Crippen MR) is 76.6 cm³/mol. The molecule has 1 saturated heterocycles. The fourth-order valence-electron chi connectivity index (χ4n) is 2.49. The zero-order valence-electron chi connectivity index (χ0n) is 11.9. The fourth-order valence-corrected chi connectivity index (χ4v) is 3.89. The Hall–Kier alpha value is -0.510. The van der Waals surface area contributed by atoms with E-state index in [9.17, 15) is 9.59 Å². The number of hydrogen-bond acceptors (Lipinski definition) is 3. The molecule has 3 atom stereocenters. The molecule has 1 aliphatic heterocycles. The van der Waals surface area contributed by atoms with Crippen LogP contribution >= 0.6 is 11.8 Å². The van der Waals surface area contributed by atoms with Crippen LogP contribution < -0.4 is 0 Å². The Morgan fingerprint density at radius 1 is 1.22 bits per heavy atom. The van der Waals surface area contributed by atoms with Crippen molar-refractivity contribution in [1.29, 1.82) is 0 Å². The van der Waals surface area contributed by atoms with E-state index in [4.69, 9.17) is 0 Å². The van der Waals surface area contributed by atoms with Crippen LogP contribution in [0.2, 0.25) is 0 Å². The molecule has 0 bridgehead atoms. The largest absolute Gasteiger partial charge is 0.279 e. The van der Waals surface area contributed by atoms with Crippen LogP contribution in [0.4, 0.5) is 0 Å². The molecule has 0 saturated carbocycles. The van der Waals surface area contributed by atoms with Gasteiger partial charge in [-0.25, -0.2) is 0 Å². The molecule has 0 aromatic rings. The summed E-state index contributed by atoms with van der Waals surface area (Å²) in [5.41, 5.74) is 0. The van der Waals surface area contributed by atoms with Crippen LogP contribution in [-0.2, 0) is 9.59 Å². The molecule has 0 radical (unpaired) electrons. The van der Waals surface area contributed by atoms with Crippen molar-refractivity contribution >= 4 is 23.6 Å². The molecule has 0 N–H and O–H groups in total. The Bertz CT molecular complexity index is 306. The molecule has 1 fully saturated rings. The van der Waals surface area contributed by atoms with Crippen molar-refractivity contribution in [3.8, 4) is 0 Å². The van der Waals surface area contributed by atoms with Gasteiger partial charge in [-0.1, -0.05) is 33.6 Å². The van der Waals surface area contributed by atoms with Crippen molar-refractivity contribution in [2.24, 2.45) is 0 Å². The minimum absolute atomic E-state index is 0.0159. The van der Waals surface area contributed by atoms with Gasteiger partial charge in [0.05, 0.1) is 5.25 Å². The molecule has 104 valence electrons. The summed E-state index contributed by atoms with van der Waals surface area (Å²) in [6, 6.07) is 0.0575. The van der Waals surface area contributed by atoms with Gasteiger partial charge in [0.15, 0.2) is 0 Å². The quantitative estimate of drug-likeness (QED) is 0.667. The third-order valence-electron chi connectivity index (χ3n) is 3.38. The van der Waals surface area contributed by atoms with Crippen LogP contribution in [0.5, 0.6) is 0 Å². The number of hydrogen-bond donors (Lipinski definition) is 0. The monoisotopic (exact) mass is 271 g/mol. The van der Waals surface area contributed by atoms with E-state index >= 15 is 0 Å². The normalized spacial score (nSPS) is 23.6. The van der Waals surface area contributed by atoms with Crippen LogP contribution in [-0.4, -0.2) is 33.3 Å². The summed E-state index contributed by atoms with van der Waals surface area (Å²) < 4.78 is 0. The van der Waals surface area contributed by atoms with Gasteiger partial charge in [0.1, 0.15) is 0 Å². The van der Waals surface area contributed by atoms with E-state index in [0.717, 1.165) is 25.7 Å². The molecule has 4 heteroatoms. The van der Waals surface area contributed by atoms with Crippen molar-refractivity contribution in [3.05, 3.63) is 0 Å². The second-order valence-electron chi connectivity index (χ2n) is 5.17. The summed E-state index contributed by atoms with van der Waals surface area (Å²) in [6.45, 7) is 8.34. The molecule has 0 aliphatic carbocycles. The third kappa shape index (κ3) is 3.74.